The van der Waals surface area contributed by atoms with E-state index in [1.807, 2.05) is 6.07 Å². The number of nitrogens with zero attached hydrogens (tertiary/aromatic N) is 2. The van der Waals surface area contributed by atoms with Crippen LogP contribution in [0.1, 0.15) is 0 Å². The Labute approximate surface area is 193 Å². The average Bonchev–Trinajstić information content (AvgIpc) is 2.90. The minimum Gasteiger partial charge on any atom is -0.310 e. The van der Waals surface area contributed by atoms with Gasteiger partial charge in [-0.2, -0.15) is 0 Å². The van der Waals surface area contributed by atoms with Gasteiger partial charge in [-0.3, -0.25) is 0 Å². The topological polar surface area (TPSA) is 16.1 Å². The molecule has 0 spiro atoms. The van der Waals surface area contributed by atoms with Crippen molar-refractivity contribution in [1.82, 2.24) is 4.98 Å². The van der Waals surface area contributed by atoms with Crippen LogP contribution in [-0.4, -0.2) is 4.98 Å². The van der Waals surface area contributed by atoms with Crippen LogP contribution in [0.15, 0.2) is 133 Å². The van der Waals surface area contributed by atoms with Crippen molar-refractivity contribution in [2.75, 3.05) is 4.90 Å². The number of hydrogen-bond acceptors (Lipinski definition) is 2. The Kier molecular flexibility index (Phi) is 4.82. The highest BCUT2D eigenvalue weighted by molar-refractivity contribution is 6.16. The van der Waals surface area contributed by atoms with Gasteiger partial charge in [0.2, 0.25) is 0 Å². The van der Waals surface area contributed by atoms with E-state index >= 15 is 0 Å². The number of rotatable bonds is 4. The Morgan fingerprint density at radius 2 is 1.00 bits per heavy atom. The Morgan fingerprint density at radius 3 is 1.64 bits per heavy atom. The lowest BCUT2D eigenvalue weighted by Crippen LogP contribution is -2.10. The molecule has 156 valence electrons. The molecular weight excluding hydrogens is 400 g/mol. The number of anilines is 3. The lowest BCUT2D eigenvalue weighted by atomic mass is 9.98. The zero-order valence-corrected chi connectivity index (χ0v) is 18.1. The second-order valence-corrected chi connectivity index (χ2v) is 8.05. The highest BCUT2D eigenvalue weighted by Gasteiger charge is 2.18. The maximum absolute atomic E-state index is 5.18. The fourth-order valence-electron chi connectivity index (χ4n) is 4.57. The van der Waals surface area contributed by atoms with Crippen LogP contribution in [0, 0.1) is 0 Å². The summed E-state index contributed by atoms with van der Waals surface area (Å²) < 4.78 is 0. The second-order valence-electron chi connectivity index (χ2n) is 8.05. The summed E-state index contributed by atoms with van der Waals surface area (Å²) in [6, 6.07) is 46.5. The zero-order chi connectivity index (χ0) is 22.0. The fourth-order valence-corrected chi connectivity index (χ4v) is 4.57. The van der Waals surface area contributed by atoms with Gasteiger partial charge in [0.15, 0.2) is 0 Å². The summed E-state index contributed by atoms with van der Waals surface area (Å²) in [6.07, 6.45) is 0. The quantitative estimate of drug-likeness (QED) is 0.265. The minimum absolute atomic E-state index is 0.988. The number of aromatic nitrogens is 1. The molecule has 0 saturated carbocycles. The summed E-state index contributed by atoms with van der Waals surface area (Å²) in [4.78, 5) is 7.50. The third-order valence-corrected chi connectivity index (χ3v) is 6.02. The van der Waals surface area contributed by atoms with Gasteiger partial charge in [-0.15, -0.1) is 0 Å². The van der Waals surface area contributed by atoms with Crippen LogP contribution >= 0.6 is 0 Å². The number of para-hydroxylation sites is 2. The maximum atomic E-state index is 5.18. The molecule has 0 aliphatic heterocycles. The van der Waals surface area contributed by atoms with Crippen LogP contribution in [0.5, 0.6) is 0 Å². The number of pyridine rings is 1. The molecule has 0 amide bonds. The Hall–Kier alpha value is -4.43. The molecule has 0 radical (unpaired) electrons. The highest BCUT2D eigenvalue weighted by atomic mass is 15.1. The van der Waals surface area contributed by atoms with Gasteiger partial charge in [0.1, 0.15) is 0 Å². The molecule has 0 aliphatic carbocycles. The largest absolute Gasteiger partial charge is 0.310 e. The monoisotopic (exact) mass is 422 g/mol. The molecule has 2 heteroatoms. The van der Waals surface area contributed by atoms with Gasteiger partial charge in [-0.1, -0.05) is 97.1 Å². The van der Waals surface area contributed by atoms with Crippen molar-refractivity contribution < 1.29 is 0 Å². The first-order valence-electron chi connectivity index (χ1n) is 11.2. The summed E-state index contributed by atoms with van der Waals surface area (Å²) in [6.45, 7) is 0. The lowest BCUT2D eigenvalue weighted by Gasteiger charge is -2.27. The van der Waals surface area contributed by atoms with Crippen LogP contribution in [0.4, 0.5) is 17.1 Å². The molecule has 0 fully saturated rings. The SMILES string of the molecule is c1ccc(-c2nc3cccc(N(c4ccccc4)c4ccccc4)c3c3ccccc23)cc1. The van der Waals surface area contributed by atoms with Gasteiger partial charge in [-0.05, 0) is 41.8 Å². The molecule has 6 rings (SSSR count). The zero-order valence-electron chi connectivity index (χ0n) is 18.1. The van der Waals surface area contributed by atoms with Gasteiger partial charge in [0, 0.05) is 27.7 Å². The highest BCUT2D eigenvalue weighted by Crippen LogP contribution is 2.42. The van der Waals surface area contributed by atoms with Crippen LogP contribution < -0.4 is 4.90 Å². The Bertz CT molecular complexity index is 1500. The van der Waals surface area contributed by atoms with E-state index in [2.05, 4.69) is 132 Å². The van der Waals surface area contributed by atoms with Gasteiger partial charge >= 0.3 is 0 Å². The van der Waals surface area contributed by atoms with Crippen LogP contribution in [0.3, 0.4) is 0 Å². The summed E-state index contributed by atoms with van der Waals surface area (Å²) in [5, 5.41) is 3.51. The first-order chi connectivity index (χ1) is 16.4. The van der Waals surface area contributed by atoms with Gasteiger partial charge in [-0.25, -0.2) is 4.98 Å². The van der Waals surface area contributed by atoms with Gasteiger partial charge in [0.25, 0.3) is 0 Å². The van der Waals surface area contributed by atoms with E-state index in [1.165, 1.54) is 5.39 Å². The van der Waals surface area contributed by atoms with E-state index in [0.29, 0.717) is 0 Å². The number of fused-ring (bicyclic) bond motifs is 3. The molecule has 6 aromatic rings. The predicted molar refractivity (Wildman–Crippen MR) is 139 cm³/mol. The summed E-state index contributed by atoms with van der Waals surface area (Å²) in [5.41, 5.74) is 6.49. The van der Waals surface area contributed by atoms with Crippen molar-refractivity contribution in [2.24, 2.45) is 0 Å². The van der Waals surface area contributed by atoms with Crippen LogP contribution in [-0.2, 0) is 0 Å². The Morgan fingerprint density at radius 1 is 0.455 bits per heavy atom. The molecule has 0 atom stereocenters. The normalized spacial score (nSPS) is 11.0. The molecule has 2 nitrogen and oxygen atoms in total. The minimum atomic E-state index is 0.988. The van der Waals surface area contributed by atoms with E-state index in [1.54, 1.807) is 0 Å². The van der Waals surface area contributed by atoms with Crippen molar-refractivity contribution in [3.8, 4) is 11.3 Å². The fraction of sp³-hybridized carbons (Fsp3) is 0. The van der Waals surface area contributed by atoms with E-state index in [-0.39, 0.29) is 0 Å². The summed E-state index contributed by atoms with van der Waals surface area (Å²) in [5.74, 6) is 0. The van der Waals surface area contributed by atoms with Crippen molar-refractivity contribution in [3.63, 3.8) is 0 Å². The molecule has 5 aromatic carbocycles. The van der Waals surface area contributed by atoms with E-state index < -0.39 is 0 Å². The molecular formula is C31H22N2. The molecule has 1 aromatic heterocycles. The van der Waals surface area contributed by atoms with E-state index in [0.717, 1.165) is 44.6 Å². The smallest absolute Gasteiger partial charge is 0.0788 e. The molecule has 1 heterocycles. The number of benzene rings is 5. The van der Waals surface area contributed by atoms with Crippen molar-refractivity contribution in [1.29, 1.82) is 0 Å². The number of hydrogen-bond donors (Lipinski definition) is 0. The molecule has 0 aliphatic rings. The Balaban J connectivity index is 1.70. The van der Waals surface area contributed by atoms with Crippen molar-refractivity contribution in [3.05, 3.63) is 133 Å². The third kappa shape index (κ3) is 3.42. The summed E-state index contributed by atoms with van der Waals surface area (Å²) >= 11 is 0. The van der Waals surface area contributed by atoms with Crippen LogP contribution in [0.25, 0.3) is 32.9 Å². The standard InChI is InChI=1S/C31H22N2/c1-4-13-23(14-5-1)31-27-20-11-10-19-26(27)30-28(32-31)21-12-22-29(30)33(24-15-6-2-7-16-24)25-17-8-3-9-18-25/h1-22H. The van der Waals surface area contributed by atoms with Crippen LogP contribution in [0.2, 0.25) is 0 Å². The first kappa shape index (κ1) is 19.3. The van der Waals surface area contributed by atoms with Crippen molar-refractivity contribution >= 4 is 38.7 Å². The first-order valence-corrected chi connectivity index (χ1v) is 11.2. The summed E-state index contributed by atoms with van der Waals surface area (Å²) in [7, 11) is 0. The average molecular weight is 423 g/mol. The predicted octanol–water partition coefficient (Wildman–Crippen LogP) is 8.52. The molecule has 33 heavy (non-hydrogen) atoms. The van der Waals surface area contributed by atoms with Crippen molar-refractivity contribution in [2.45, 2.75) is 0 Å². The molecule has 0 bridgehead atoms. The third-order valence-electron chi connectivity index (χ3n) is 6.02. The van der Waals surface area contributed by atoms with Gasteiger partial charge in [0.05, 0.1) is 16.9 Å². The maximum Gasteiger partial charge on any atom is 0.0788 e. The van der Waals surface area contributed by atoms with E-state index in [4.69, 9.17) is 4.98 Å². The molecule has 0 saturated heterocycles. The van der Waals surface area contributed by atoms with Gasteiger partial charge < -0.3 is 4.90 Å². The molecule has 0 unspecified atom stereocenters. The van der Waals surface area contributed by atoms with E-state index in [9.17, 15) is 0 Å². The molecule has 0 N–H and O–H groups in total. The lowest BCUT2D eigenvalue weighted by molar-refractivity contribution is 1.29. The second kappa shape index (κ2) is 8.25.